The Balaban J connectivity index is 2.03. The first-order chi connectivity index (χ1) is 8.65. The number of carbonyl (C=O) groups excluding carboxylic acids is 2. The van der Waals surface area contributed by atoms with Crippen LogP contribution in [0.4, 0.5) is 16.4 Å². The van der Waals surface area contributed by atoms with Crippen LogP contribution in [0.25, 0.3) is 0 Å². The summed E-state index contributed by atoms with van der Waals surface area (Å²) in [7, 11) is 0. The van der Waals surface area contributed by atoms with Crippen molar-refractivity contribution in [3.05, 3.63) is 48.2 Å². The van der Waals surface area contributed by atoms with Crippen LogP contribution in [-0.2, 0) is 0 Å². The number of Topliss-reactive ketones (excluding diaryl/α,β-unsaturated/α-hetero) is 1. The van der Waals surface area contributed by atoms with Gasteiger partial charge in [-0.2, -0.15) is 0 Å². The topological polar surface area (TPSA) is 71.3 Å². The molecule has 1 aromatic carbocycles. The Morgan fingerprint density at radius 1 is 1.11 bits per heavy atom. The molecular formula is C13H12N2O3. The van der Waals surface area contributed by atoms with Crippen molar-refractivity contribution < 1.29 is 14.0 Å². The number of hydrogen-bond acceptors (Lipinski definition) is 3. The zero-order chi connectivity index (χ0) is 13.0. The molecule has 0 fully saturated rings. The Hall–Kier alpha value is -2.56. The second-order valence-electron chi connectivity index (χ2n) is 3.69. The van der Waals surface area contributed by atoms with Crippen LogP contribution in [0.15, 0.2) is 47.1 Å². The van der Waals surface area contributed by atoms with Gasteiger partial charge in [-0.25, -0.2) is 4.79 Å². The number of carbonyl (C=O) groups is 2. The number of furan rings is 1. The predicted molar refractivity (Wildman–Crippen MR) is 67.8 cm³/mol. The Bertz CT molecular complexity index is 561. The molecule has 0 aliphatic heterocycles. The van der Waals surface area contributed by atoms with Crippen LogP contribution in [0.2, 0.25) is 0 Å². The van der Waals surface area contributed by atoms with Crippen LogP contribution < -0.4 is 10.6 Å². The number of anilines is 2. The molecule has 92 valence electrons. The van der Waals surface area contributed by atoms with Gasteiger partial charge in [-0.3, -0.25) is 10.1 Å². The molecule has 1 aromatic heterocycles. The molecule has 2 aromatic rings. The van der Waals surface area contributed by atoms with E-state index < -0.39 is 6.03 Å². The minimum Gasteiger partial charge on any atom is -0.449 e. The van der Waals surface area contributed by atoms with Gasteiger partial charge in [0.2, 0.25) is 5.88 Å². The van der Waals surface area contributed by atoms with Gasteiger partial charge in [0.05, 0.1) is 6.26 Å². The van der Waals surface area contributed by atoms with E-state index in [9.17, 15) is 9.59 Å². The molecule has 5 nitrogen and oxygen atoms in total. The molecule has 0 bridgehead atoms. The van der Waals surface area contributed by atoms with E-state index in [1.165, 1.54) is 13.2 Å². The standard InChI is InChI=1S/C13H12N2O3/c1-9(16)10-4-2-5-11(8-10)14-13(17)15-12-6-3-7-18-12/h2-8H,1H3,(H2,14,15,17). The summed E-state index contributed by atoms with van der Waals surface area (Å²) in [4.78, 5) is 22.8. The molecule has 0 spiro atoms. The fourth-order valence-electron chi connectivity index (χ4n) is 1.44. The number of nitrogens with one attached hydrogen (secondary N) is 2. The van der Waals surface area contributed by atoms with Crippen molar-refractivity contribution in [1.29, 1.82) is 0 Å². The van der Waals surface area contributed by atoms with Crippen molar-refractivity contribution in [3.8, 4) is 0 Å². The quantitative estimate of drug-likeness (QED) is 0.815. The molecule has 0 unspecified atom stereocenters. The van der Waals surface area contributed by atoms with E-state index in [0.29, 0.717) is 17.1 Å². The third kappa shape index (κ3) is 2.98. The first-order valence-electron chi connectivity index (χ1n) is 5.37. The SMILES string of the molecule is CC(=O)c1cccc(NC(=O)Nc2ccco2)c1. The summed E-state index contributed by atoms with van der Waals surface area (Å²) in [5.41, 5.74) is 1.09. The van der Waals surface area contributed by atoms with Crippen LogP contribution >= 0.6 is 0 Å². The average Bonchev–Trinajstić information content (AvgIpc) is 2.82. The molecule has 2 amide bonds. The predicted octanol–water partition coefficient (Wildman–Crippen LogP) is 3.13. The van der Waals surface area contributed by atoms with Gasteiger partial charge in [0.15, 0.2) is 5.78 Å². The van der Waals surface area contributed by atoms with Gasteiger partial charge in [0.25, 0.3) is 0 Å². The second-order valence-corrected chi connectivity index (χ2v) is 3.69. The molecule has 0 aliphatic carbocycles. The lowest BCUT2D eigenvalue weighted by Crippen LogP contribution is -2.19. The highest BCUT2D eigenvalue weighted by atomic mass is 16.3. The Morgan fingerprint density at radius 2 is 1.94 bits per heavy atom. The molecule has 0 radical (unpaired) electrons. The average molecular weight is 244 g/mol. The van der Waals surface area contributed by atoms with Gasteiger partial charge in [0, 0.05) is 17.3 Å². The highest BCUT2D eigenvalue weighted by Gasteiger charge is 2.05. The van der Waals surface area contributed by atoms with Crippen molar-refractivity contribution in [2.75, 3.05) is 10.6 Å². The van der Waals surface area contributed by atoms with Crippen molar-refractivity contribution in [3.63, 3.8) is 0 Å². The zero-order valence-corrected chi connectivity index (χ0v) is 9.77. The molecule has 0 atom stereocenters. The third-order valence-corrected chi connectivity index (χ3v) is 2.28. The number of benzene rings is 1. The molecule has 2 rings (SSSR count). The van der Waals surface area contributed by atoms with E-state index >= 15 is 0 Å². The maximum Gasteiger partial charge on any atom is 0.326 e. The highest BCUT2D eigenvalue weighted by Crippen LogP contribution is 2.12. The van der Waals surface area contributed by atoms with Crippen LogP contribution in [0.1, 0.15) is 17.3 Å². The molecule has 0 saturated carbocycles. The summed E-state index contributed by atoms with van der Waals surface area (Å²) in [5, 5.41) is 5.13. The highest BCUT2D eigenvalue weighted by molar-refractivity contribution is 6.00. The van der Waals surface area contributed by atoms with Crippen LogP contribution in [0.3, 0.4) is 0 Å². The van der Waals surface area contributed by atoms with Crippen molar-refractivity contribution >= 4 is 23.4 Å². The Kier molecular flexibility index (Phi) is 3.43. The normalized spacial score (nSPS) is 9.83. The molecule has 5 heteroatoms. The smallest absolute Gasteiger partial charge is 0.326 e. The molecule has 2 N–H and O–H groups in total. The number of ketones is 1. The molecule has 0 saturated heterocycles. The van der Waals surface area contributed by atoms with Gasteiger partial charge in [-0.05, 0) is 25.1 Å². The van der Waals surface area contributed by atoms with Crippen molar-refractivity contribution in [2.24, 2.45) is 0 Å². The largest absolute Gasteiger partial charge is 0.449 e. The molecular weight excluding hydrogens is 232 g/mol. The summed E-state index contributed by atoms with van der Waals surface area (Å²) < 4.78 is 4.98. The minimum absolute atomic E-state index is 0.0508. The third-order valence-electron chi connectivity index (χ3n) is 2.28. The fourth-order valence-corrected chi connectivity index (χ4v) is 1.44. The zero-order valence-electron chi connectivity index (χ0n) is 9.77. The molecule has 1 heterocycles. The van der Waals surface area contributed by atoms with Crippen molar-refractivity contribution in [1.82, 2.24) is 0 Å². The van der Waals surface area contributed by atoms with Crippen LogP contribution in [0.5, 0.6) is 0 Å². The molecule has 0 aliphatic rings. The first-order valence-corrected chi connectivity index (χ1v) is 5.37. The first kappa shape index (κ1) is 11.9. The van der Waals surface area contributed by atoms with E-state index in [1.54, 1.807) is 36.4 Å². The summed E-state index contributed by atoms with van der Waals surface area (Å²) in [5.74, 6) is 0.306. The van der Waals surface area contributed by atoms with E-state index in [-0.39, 0.29) is 5.78 Å². The van der Waals surface area contributed by atoms with Crippen LogP contribution in [-0.4, -0.2) is 11.8 Å². The van der Waals surface area contributed by atoms with Crippen LogP contribution in [0, 0.1) is 0 Å². The monoisotopic (exact) mass is 244 g/mol. The van der Waals surface area contributed by atoms with E-state index in [2.05, 4.69) is 10.6 Å². The second kappa shape index (κ2) is 5.18. The number of rotatable bonds is 3. The summed E-state index contributed by atoms with van der Waals surface area (Å²) >= 11 is 0. The lowest BCUT2D eigenvalue weighted by Gasteiger charge is -2.06. The Morgan fingerprint density at radius 3 is 2.61 bits per heavy atom. The maximum atomic E-state index is 11.6. The van der Waals surface area contributed by atoms with Gasteiger partial charge in [0.1, 0.15) is 0 Å². The molecule has 18 heavy (non-hydrogen) atoms. The number of amides is 2. The van der Waals surface area contributed by atoms with Gasteiger partial charge < -0.3 is 9.73 Å². The lowest BCUT2D eigenvalue weighted by atomic mass is 10.1. The van der Waals surface area contributed by atoms with E-state index in [1.807, 2.05) is 0 Å². The lowest BCUT2D eigenvalue weighted by molar-refractivity contribution is 0.101. The number of hydrogen-bond donors (Lipinski definition) is 2. The van der Waals surface area contributed by atoms with Gasteiger partial charge in [-0.15, -0.1) is 0 Å². The van der Waals surface area contributed by atoms with Crippen molar-refractivity contribution in [2.45, 2.75) is 6.92 Å². The Labute approximate surface area is 104 Å². The summed E-state index contributed by atoms with van der Waals surface area (Å²) in [6, 6.07) is 9.60. The van der Waals surface area contributed by atoms with Gasteiger partial charge >= 0.3 is 6.03 Å². The number of urea groups is 1. The van der Waals surface area contributed by atoms with Gasteiger partial charge in [-0.1, -0.05) is 12.1 Å². The van der Waals surface area contributed by atoms with E-state index in [4.69, 9.17) is 4.42 Å². The minimum atomic E-state index is -0.425. The fraction of sp³-hybridized carbons (Fsp3) is 0.0769. The summed E-state index contributed by atoms with van der Waals surface area (Å²) in [6.45, 7) is 1.47. The van der Waals surface area contributed by atoms with E-state index in [0.717, 1.165) is 0 Å². The maximum absolute atomic E-state index is 11.6. The summed E-state index contributed by atoms with van der Waals surface area (Å²) in [6.07, 6.45) is 1.46.